The summed E-state index contributed by atoms with van der Waals surface area (Å²) < 4.78 is 13.1. The van der Waals surface area contributed by atoms with Crippen molar-refractivity contribution in [2.75, 3.05) is 13.6 Å². The minimum atomic E-state index is -0.405. The molecule has 3 nitrogen and oxygen atoms in total. The van der Waals surface area contributed by atoms with E-state index in [-0.39, 0.29) is 11.8 Å². The predicted octanol–water partition coefficient (Wildman–Crippen LogP) is 2.34. The summed E-state index contributed by atoms with van der Waals surface area (Å²) in [5.41, 5.74) is 6.75. The van der Waals surface area contributed by atoms with E-state index in [9.17, 15) is 9.50 Å². The molecule has 1 rings (SSSR count). The van der Waals surface area contributed by atoms with Crippen molar-refractivity contribution in [2.24, 2.45) is 11.7 Å². The second-order valence-electron chi connectivity index (χ2n) is 5.25. The second kappa shape index (κ2) is 6.71. The first-order valence-electron chi connectivity index (χ1n) is 6.31. The summed E-state index contributed by atoms with van der Waals surface area (Å²) in [6.07, 6.45) is 0.912. The number of aromatic hydroxyl groups is 1. The van der Waals surface area contributed by atoms with Crippen LogP contribution in [0.15, 0.2) is 18.2 Å². The molecule has 0 aliphatic rings. The van der Waals surface area contributed by atoms with Crippen molar-refractivity contribution in [1.82, 2.24) is 4.90 Å². The minimum Gasteiger partial charge on any atom is -0.508 e. The standard InChI is InChI=1S/C14H23FN2O/c1-10(2)14(16)4-5-17(3)9-11-6-12(15)8-13(18)7-11/h6-8,10,14,18H,4-5,9,16H2,1-3H3. The molecule has 0 spiro atoms. The number of halogens is 1. The van der Waals surface area contributed by atoms with Crippen LogP contribution in [0.4, 0.5) is 4.39 Å². The van der Waals surface area contributed by atoms with Crippen molar-refractivity contribution in [2.45, 2.75) is 32.9 Å². The predicted molar refractivity (Wildman–Crippen MR) is 71.8 cm³/mol. The van der Waals surface area contributed by atoms with E-state index in [4.69, 9.17) is 5.73 Å². The van der Waals surface area contributed by atoms with Crippen molar-refractivity contribution in [1.29, 1.82) is 0 Å². The van der Waals surface area contributed by atoms with Crippen molar-refractivity contribution in [3.63, 3.8) is 0 Å². The summed E-state index contributed by atoms with van der Waals surface area (Å²) in [6, 6.07) is 4.33. The summed E-state index contributed by atoms with van der Waals surface area (Å²) in [4.78, 5) is 2.08. The summed E-state index contributed by atoms with van der Waals surface area (Å²) in [7, 11) is 1.97. The van der Waals surface area contributed by atoms with Crippen molar-refractivity contribution >= 4 is 0 Å². The molecule has 0 saturated heterocycles. The Bertz CT molecular complexity index is 362. The molecule has 3 N–H and O–H groups in total. The third kappa shape index (κ3) is 5.02. The number of rotatable bonds is 6. The highest BCUT2D eigenvalue weighted by molar-refractivity contribution is 5.28. The molecule has 1 atom stereocenters. The van der Waals surface area contributed by atoms with Gasteiger partial charge in [0.05, 0.1) is 0 Å². The zero-order chi connectivity index (χ0) is 13.7. The van der Waals surface area contributed by atoms with E-state index >= 15 is 0 Å². The van der Waals surface area contributed by atoms with Crippen LogP contribution in [0.2, 0.25) is 0 Å². The molecular formula is C14H23FN2O. The lowest BCUT2D eigenvalue weighted by Gasteiger charge is -2.21. The fraction of sp³-hybridized carbons (Fsp3) is 0.571. The molecule has 0 amide bonds. The van der Waals surface area contributed by atoms with E-state index in [1.165, 1.54) is 6.07 Å². The van der Waals surface area contributed by atoms with Crippen molar-refractivity contribution < 1.29 is 9.50 Å². The van der Waals surface area contributed by atoms with E-state index in [2.05, 4.69) is 18.7 Å². The van der Waals surface area contributed by atoms with Gasteiger partial charge in [0.1, 0.15) is 11.6 Å². The maximum Gasteiger partial charge on any atom is 0.127 e. The second-order valence-corrected chi connectivity index (χ2v) is 5.25. The van der Waals surface area contributed by atoms with Crippen LogP contribution in [0.25, 0.3) is 0 Å². The topological polar surface area (TPSA) is 49.5 Å². The number of phenolic OH excluding ortho intramolecular Hbond substituents is 1. The van der Waals surface area contributed by atoms with Crippen LogP contribution in [0.1, 0.15) is 25.8 Å². The third-order valence-electron chi connectivity index (χ3n) is 3.10. The van der Waals surface area contributed by atoms with Gasteiger partial charge >= 0.3 is 0 Å². The molecule has 1 unspecified atom stereocenters. The molecule has 18 heavy (non-hydrogen) atoms. The van der Waals surface area contributed by atoms with Crippen LogP contribution in [-0.4, -0.2) is 29.6 Å². The van der Waals surface area contributed by atoms with Crippen molar-refractivity contribution in [3.8, 4) is 5.75 Å². The van der Waals surface area contributed by atoms with Crippen LogP contribution in [-0.2, 0) is 6.54 Å². The smallest absolute Gasteiger partial charge is 0.127 e. The molecule has 1 aromatic rings. The van der Waals surface area contributed by atoms with E-state index < -0.39 is 5.82 Å². The van der Waals surface area contributed by atoms with Gasteiger partial charge in [-0.05, 0) is 43.6 Å². The number of hydrogen-bond donors (Lipinski definition) is 2. The van der Waals surface area contributed by atoms with Gasteiger partial charge in [0.15, 0.2) is 0 Å². The van der Waals surface area contributed by atoms with Crippen LogP contribution < -0.4 is 5.73 Å². The van der Waals surface area contributed by atoms with Crippen LogP contribution in [0.3, 0.4) is 0 Å². The third-order valence-corrected chi connectivity index (χ3v) is 3.10. The molecule has 0 saturated carbocycles. The molecule has 0 bridgehead atoms. The number of benzene rings is 1. The Hall–Kier alpha value is -1.13. The molecule has 0 radical (unpaired) electrons. The summed E-state index contributed by atoms with van der Waals surface area (Å²) >= 11 is 0. The Morgan fingerprint density at radius 2 is 2.00 bits per heavy atom. The first kappa shape index (κ1) is 14.9. The molecule has 0 aliphatic heterocycles. The van der Waals surface area contributed by atoms with Gasteiger partial charge in [0.2, 0.25) is 0 Å². The van der Waals surface area contributed by atoms with Gasteiger partial charge in [-0.15, -0.1) is 0 Å². The van der Waals surface area contributed by atoms with E-state index in [0.29, 0.717) is 12.5 Å². The monoisotopic (exact) mass is 254 g/mol. The van der Waals surface area contributed by atoms with Crippen molar-refractivity contribution in [3.05, 3.63) is 29.6 Å². The lowest BCUT2D eigenvalue weighted by molar-refractivity contribution is 0.295. The Morgan fingerprint density at radius 3 is 2.56 bits per heavy atom. The SMILES string of the molecule is CC(C)C(N)CCN(C)Cc1cc(O)cc(F)c1. The molecule has 1 aromatic carbocycles. The van der Waals surface area contributed by atoms with Gasteiger partial charge < -0.3 is 15.7 Å². The Kier molecular flexibility index (Phi) is 5.56. The molecule has 4 heteroatoms. The quantitative estimate of drug-likeness (QED) is 0.819. The van der Waals surface area contributed by atoms with Gasteiger partial charge in [-0.1, -0.05) is 13.8 Å². The van der Waals surface area contributed by atoms with Gasteiger partial charge in [-0.25, -0.2) is 4.39 Å². The van der Waals surface area contributed by atoms with Crippen LogP contribution in [0.5, 0.6) is 5.75 Å². The zero-order valence-corrected chi connectivity index (χ0v) is 11.4. The average molecular weight is 254 g/mol. The highest BCUT2D eigenvalue weighted by Gasteiger charge is 2.09. The maximum absolute atomic E-state index is 13.1. The fourth-order valence-corrected chi connectivity index (χ4v) is 1.82. The maximum atomic E-state index is 13.1. The molecule has 0 heterocycles. The number of phenols is 1. The van der Waals surface area contributed by atoms with Crippen LogP contribution in [0, 0.1) is 11.7 Å². The number of nitrogens with two attached hydrogens (primary N) is 1. The first-order valence-corrected chi connectivity index (χ1v) is 6.31. The molecule has 102 valence electrons. The van der Waals surface area contributed by atoms with Crippen LogP contribution >= 0.6 is 0 Å². The summed E-state index contributed by atoms with van der Waals surface area (Å²) in [5, 5.41) is 9.32. The van der Waals surface area contributed by atoms with E-state index in [1.807, 2.05) is 7.05 Å². The summed E-state index contributed by atoms with van der Waals surface area (Å²) in [6.45, 7) is 5.68. The molecular weight excluding hydrogens is 231 g/mol. The lowest BCUT2D eigenvalue weighted by Crippen LogP contribution is -2.31. The Morgan fingerprint density at radius 1 is 1.33 bits per heavy atom. The zero-order valence-electron chi connectivity index (χ0n) is 11.4. The highest BCUT2D eigenvalue weighted by Crippen LogP contribution is 2.16. The number of hydrogen-bond acceptors (Lipinski definition) is 3. The number of nitrogens with zero attached hydrogens (tertiary/aromatic N) is 1. The minimum absolute atomic E-state index is 0.0303. The molecule has 0 fully saturated rings. The first-order chi connectivity index (χ1) is 8.38. The largest absolute Gasteiger partial charge is 0.508 e. The van der Waals surface area contributed by atoms with Gasteiger partial charge in [-0.3, -0.25) is 0 Å². The lowest BCUT2D eigenvalue weighted by atomic mass is 10.0. The Labute approximate surface area is 108 Å². The molecule has 0 aromatic heterocycles. The van der Waals surface area contributed by atoms with Gasteiger partial charge in [0, 0.05) is 18.7 Å². The molecule has 0 aliphatic carbocycles. The van der Waals surface area contributed by atoms with Gasteiger partial charge in [-0.2, -0.15) is 0 Å². The summed E-state index contributed by atoms with van der Waals surface area (Å²) in [5.74, 6) is 0.0335. The Balaban J connectivity index is 2.46. The highest BCUT2D eigenvalue weighted by atomic mass is 19.1. The van der Waals surface area contributed by atoms with Gasteiger partial charge in [0.25, 0.3) is 0 Å². The van der Waals surface area contributed by atoms with E-state index in [1.54, 1.807) is 6.07 Å². The normalized spacial score (nSPS) is 13.3. The fourth-order valence-electron chi connectivity index (χ4n) is 1.82. The average Bonchev–Trinajstić information content (AvgIpc) is 2.24. The van der Waals surface area contributed by atoms with E-state index in [0.717, 1.165) is 24.6 Å².